The molecule has 1 amide bonds. The minimum absolute atomic E-state index is 0.103. The highest BCUT2D eigenvalue weighted by molar-refractivity contribution is 9.10. The molecule has 27 heavy (non-hydrogen) atoms. The number of hydrogen-bond donors (Lipinski definition) is 0. The Morgan fingerprint density at radius 3 is 2.48 bits per heavy atom. The van der Waals surface area contributed by atoms with Crippen molar-refractivity contribution in [1.29, 1.82) is 0 Å². The summed E-state index contributed by atoms with van der Waals surface area (Å²) in [7, 11) is 0. The lowest BCUT2D eigenvalue weighted by atomic mass is 10.2. The van der Waals surface area contributed by atoms with Crippen LogP contribution in [0, 0.1) is 6.92 Å². The molecule has 0 saturated carbocycles. The van der Waals surface area contributed by atoms with Crippen molar-refractivity contribution >= 4 is 67.0 Å². The van der Waals surface area contributed by atoms with E-state index in [0.717, 1.165) is 20.7 Å². The number of carbonyl (C=O) groups is 1. The number of aromatic nitrogens is 2. The van der Waals surface area contributed by atoms with Crippen LogP contribution in [0.4, 0.5) is 10.8 Å². The van der Waals surface area contributed by atoms with Crippen LogP contribution < -0.4 is 4.90 Å². The first-order valence-electron chi connectivity index (χ1n) is 8.03. The molecule has 0 N–H and O–H groups in total. The van der Waals surface area contributed by atoms with Gasteiger partial charge in [0.2, 0.25) is 5.13 Å². The van der Waals surface area contributed by atoms with Crippen LogP contribution in [0.2, 0.25) is 0 Å². The lowest BCUT2D eigenvalue weighted by molar-refractivity contribution is -0.113. The number of amidine groups is 1. The second kappa shape index (κ2) is 7.75. The van der Waals surface area contributed by atoms with E-state index in [1.165, 1.54) is 23.1 Å². The lowest BCUT2D eigenvalue weighted by Gasteiger charge is -2.14. The Kier molecular flexibility index (Phi) is 5.20. The van der Waals surface area contributed by atoms with E-state index in [2.05, 4.69) is 31.1 Å². The maximum atomic E-state index is 13.1. The average molecular weight is 457 g/mol. The summed E-state index contributed by atoms with van der Waals surface area (Å²) < 4.78 is 0.995. The van der Waals surface area contributed by atoms with Gasteiger partial charge in [-0.05, 0) is 54.6 Å². The molecule has 0 unspecified atom stereocenters. The Hall–Kier alpha value is -2.29. The Morgan fingerprint density at radius 2 is 1.81 bits per heavy atom. The van der Waals surface area contributed by atoms with E-state index in [9.17, 15) is 4.79 Å². The van der Waals surface area contributed by atoms with Crippen molar-refractivity contribution in [2.24, 2.45) is 4.99 Å². The van der Waals surface area contributed by atoms with Crippen molar-refractivity contribution in [3.05, 3.63) is 74.5 Å². The largest absolute Gasteiger partial charge is 0.271 e. The minimum atomic E-state index is -0.103. The van der Waals surface area contributed by atoms with Gasteiger partial charge >= 0.3 is 0 Å². The number of halogens is 1. The van der Waals surface area contributed by atoms with Gasteiger partial charge in [-0.15, -0.1) is 10.2 Å². The Bertz CT molecular complexity index is 1050. The molecule has 0 bridgehead atoms. The van der Waals surface area contributed by atoms with Gasteiger partial charge in [0, 0.05) is 4.47 Å². The summed E-state index contributed by atoms with van der Waals surface area (Å²) in [4.78, 5) is 19.9. The maximum absolute atomic E-state index is 13.1. The van der Waals surface area contributed by atoms with E-state index in [0.29, 0.717) is 15.2 Å². The van der Waals surface area contributed by atoms with Gasteiger partial charge in [0.05, 0.1) is 10.6 Å². The number of hydrogen-bond acceptors (Lipinski definition) is 6. The third kappa shape index (κ3) is 4.02. The second-order valence-electron chi connectivity index (χ2n) is 5.64. The van der Waals surface area contributed by atoms with Gasteiger partial charge < -0.3 is 0 Å². The summed E-state index contributed by atoms with van der Waals surface area (Å²) in [6, 6.07) is 17.3. The van der Waals surface area contributed by atoms with E-state index in [-0.39, 0.29) is 5.91 Å². The van der Waals surface area contributed by atoms with Crippen LogP contribution in [0.1, 0.15) is 10.6 Å². The molecule has 0 radical (unpaired) electrons. The number of aliphatic imine (C=N–C) groups is 1. The standard InChI is InChI=1S/C19H13BrN4OS2/c1-12-22-23-18(26-12)21-19-24(15-5-3-2-4-6-15)17(25)16(27-19)11-13-7-9-14(20)10-8-13/h2-11H,1H3/b16-11-,21-19+. The molecule has 0 atom stereocenters. The second-order valence-corrected chi connectivity index (χ2v) is 8.72. The van der Waals surface area contributed by atoms with Crippen LogP contribution in [0.15, 0.2) is 69.0 Å². The molecule has 1 fully saturated rings. The predicted molar refractivity (Wildman–Crippen MR) is 115 cm³/mol. The van der Waals surface area contributed by atoms with Gasteiger partial charge in [-0.3, -0.25) is 9.69 Å². The van der Waals surface area contributed by atoms with Crippen LogP contribution in [0.25, 0.3) is 6.08 Å². The molecule has 5 nitrogen and oxygen atoms in total. The smallest absolute Gasteiger partial charge is 0.268 e. The topological polar surface area (TPSA) is 58.5 Å². The number of carbonyl (C=O) groups excluding carboxylic acids is 1. The van der Waals surface area contributed by atoms with Crippen molar-refractivity contribution < 1.29 is 4.79 Å². The predicted octanol–water partition coefficient (Wildman–Crippen LogP) is 5.42. The third-order valence-corrected chi connectivity index (χ3v) is 5.93. The highest BCUT2D eigenvalue weighted by Crippen LogP contribution is 2.37. The molecule has 8 heteroatoms. The molecular formula is C19H13BrN4OS2. The van der Waals surface area contributed by atoms with Crippen molar-refractivity contribution in [3.63, 3.8) is 0 Å². The average Bonchev–Trinajstić information content (AvgIpc) is 3.21. The van der Waals surface area contributed by atoms with Crippen LogP contribution in [0.3, 0.4) is 0 Å². The highest BCUT2D eigenvalue weighted by Gasteiger charge is 2.35. The molecule has 1 saturated heterocycles. The normalized spacial score (nSPS) is 17.3. The number of amides is 1. The van der Waals surface area contributed by atoms with E-state index in [1.54, 1.807) is 4.90 Å². The van der Waals surface area contributed by atoms with Crippen molar-refractivity contribution in [2.45, 2.75) is 6.92 Å². The molecule has 1 aliphatic heterocycles. The third-order valence-electron chi connectivity index (χ3n) is 3.70. The molecule has 1 aliphatic rings. The van der Waals surface area contributed by atoms with Crippen LogP contribution in [-0.4, -0.2) is 21.3 Å². The number of nitrogens with zero attached hydrogens (tertiary/aromatic N) is 4. The summed E-state index contributed by atoms with van der Waals surface area (Å²) >= 11 is 6.16. The minimum Gasteiger partial charge on any atom is -0.268 e. The maximum Gasteiger partial charge on any atom is 0.271 e. The fourth-order valence-electron chi connectivity index (χ4n) is 2.48. The molecule has 4 rings (SSSR count). The summed E-state index contributed by atoms with van der Waals surface area (Å²) in [5, 5.41) is 10.0. The number of thioether (sulfide) groups is 1. The van der Waals surface area contributed by atoms with Gasteiger partial charge in [0.25, 0.3) is 5.91 Å². The molecule has 134 valence electrons. The molecule has 0 aliphatic carbocycles. The number of aryl methyl sites for hydroxylation is 1. The quantitative estimate of drug-likeness (QED) is 0.493. The fraction of sp³-hybridized carbons (Fsp3) is 0.0526. The summed E-state index contributed by atoms with van der Waals surface area (Å²) in [6.07, 6.45) is 1.88. The Labute approximate surface area is 173 Å². The molecular weight excluding hydrogens is 444 g/mol. The van der Waals surface area contributed by atoms with Gasteiger partial charge in [-0.2, -0.15) is 4.99 Å². The molecule has 2 heterocycles. The zero-order valence-electron chi connectivity index (χ0n) is 14.2. The molecule has 2 aromatic carbocycles. The van der Waals surface area contributed by atoms with Crippen molar-refractivity contribution in [2.75, 3.05) is 4.90 Å². The van der Waals surface area contributed by atoms with Crippen LogP contribution in [-0.2, 0) is 4.79 Å². The highest BCUT2D eigenvalue weighted by atomic mass is 79.9. The number of benzene rings is 2. The van der Waals surface area contributed by atoms with Gasteiger partial charge in [-0.25, -0.2) is 0 Å². The SMILES string of the molecule is Cc1nnc(/N=C2/S/C(=C\c3ccc(Br)cc3)C(=O)N2c2ccccc2)s1. The number of para-hydroxylation sites is 1. The fourth-order valence-corrected chi connectivity index (χ4v) is 4.34. The van der Waals surface area contributed by atoms with Gasteiger partial charge in [0.15, 0.2) is 5.17 Å². The first-order chi connectivity index (χ1) is 13.1. The summed E-state index contributed by atoms with van der Waals surface area (Å²) in [6.45, 7) is 1.88. The van der Waals surface area contributed by atoms with E-state index in [1.807, 2.05) is 67.6 Å². The van der Waals surface area contributed by atoms with E-state index in [4.69, 9.17) is 0 Å². The Balaban J connectivity index is 1.75. The number of anilines is 1. The Morgan fingerprint density at radius 1 is 1.07 bits per heavy atom. The van der Waals surface area contributed by atoms with E-state index >= 15 is 0 Å². The van der Waals surface area contributed by atoms with Crippen molar-refractivity contribution in [1.82, 2.24) is 10.2 Å². The first-order valence-corrected chi connectivity index (χ1v) is 10.5. The zero-order chi connectivity index (χ0) is 18.8. The summed E-state index contributed by atoms with van der Waals surface area (Å²) in [5.74, 6) is -0.103. The zero-order valence-corrected chi connectivity index (χ0v) is 17.4. The molecule has 0 spiro atoms. The summed E-state index contributed by atoms with van der Waals surface area (Å²) in [5.41, 5.74) is 1.73. The molecule has 3 aromatic rings. The van der Waals surface area contributed by atoms with Gasteiger partial charge in [0.1, 0.15) is 5.01 Å². The monoisotopic (exact) mass is 456 g/mol. The van der Waals surface area contributed by atoms with Crippen LogP contribution >= 0.6 is 39.0 Å². The van der Waals surface area contributed by atoms with E-state index < -0.39 is 0 Å². The number of rotatable bonds is 3. The van der Waals surface area contributed by atoms with Gasteiger partial charge in [-0.1, -0.05) is 57.6 Å². The molecule has 1 aromatic heterocycles. The first kappa shape index (κ1) is 18.1. The van der Waals surface area contributed by atoms with Crippen molar-refractivity contribution in [3.8, 4) is 0 Å². The lowest BCUT2D eigenvalue weighted by Crippen LogP contribution is -2.28. The van der Waals surface area contributed by atoms with Crippen LogP contribution in [0.5, 0.6) is 0 Å².